The van der Waals surface area contributed by atoms with Crippen molar-refractivity contribution in [1.82, 2.24) is 0 Å². The SMILES string of the molecule is CC(C)(C)OC(=O)CN(C(=O)c1c(O)cccc1C1CC1)c1ccc(O)c(Cl)c1. The molecule has 1 aliphatic carbocycles. The van der Waals surface area contributed by atoms with Crippen molar-refractivity contribution < 1.29 is 24.5 Å². The molecule has 0 unspecified atom stereocenters. The number of phenolic OH excluding ortho intramolecular Hbond substituents is 2. The van der Waals surface area contributed by atoms with E-state index in [1.54, 1.807) is 26.8 Å². The standard InChI is InChI=1S/C22H24ClNO5/c1-22(2,3)29-19(27)12-24(14-9-10-17(25)16(23)11-14)21(28)20-15(13-7-8-13)5-4-6-18(20)26/h4-6,9-11,13,25-26H,7-8,12H2,1-3H3. The van der Waals surface area contributed by atoms with Gasteiger partial charge in [0, 0.05) is 5.69 Å². The number of rotatable bonds is 5. The van der Waals surface area contributed by atoms with Gasteiger partial charge in [0.15, 0.2) is 0 Å². The Balaban J connectivity index is 2.02. The monoisotopic (exact) mass is 417 g/mol. The van der Waals surface area contributed by atoms with Gasteiger partial charge in [-0.05, 0) is 69.4 Å². The summed E-state index contributed by atoms with van der Waals surface area (Å²) < 4.78 is 5.37. The summed E-state index contributed by atoms with van der Waals surface area (Å²) in [5, 5.41) is 20.2. The van der Waals surface area contributed by atoms with Crippen molar-refractivity contribution in [3.63, 3.8) is 0 Å². The first kappa shape index (κ1) is 21.0. The van der Waals surface area contributed by atoms with Crippen molar-refractivity contribution in [2.75, 3.05) is 11.4 Å². The molecule has 0 saturated heterocycles. The van der Waals surface area contributed by atoms with Crippen LogP contribution in [-0.4, -0.2) is 34.2 Å². The van der Waals surface area contributed by atoms with Crippen molar-refractivity contribution in [3.8, 4) is 11.5 Å². The second-order valence-electron chi connectivity index (χ2n) is 8.13. The summed E-state index contributed by atoms with van der Waals surface area (Å²) in [7, 11) is 0. The Morgan fingerprint density at radius 1 is 1.14 bits per heavy atom. The zero-order valence-corrected chi connectivity index (χ0v) is 17.4. The van der Waals surface area contributed by atoms with Crippen LogP contribution in [0.25, 0.3) is 0 Å². The molecule has 0 heterocycles. The molecule has 7 heteroatoms. The van der Waals surface area contributed by atoms with Gasteiger partial charge in [-0.2, -0.15) is 0 Å². The number of nitrogens with zero attached hydrogens (tertiary/aromatic N) is 1. The van der Waals surface area contributed by atoms with Gasteiger partial charge in [-0.25, -0.2) is 0 Å². The number of halogens is 1. The molecule has 2 aromatic rings. The van der Waals surface area contributed by atoms with E-state index in [0.717, 1.165) is 18.4 Å². The quantitative estimate of drug-likeness (QED) is 0.693. The van der Waals surface area contributed by atoms with E-state index in [1.165, 1.54) is 29.2 Å². The topological polar surface area (TPSA) is 87.1 Å². The lowest BCUT2D eigenvalue weighted by Crippen LogP contribution is -2.39. The Labute approximate surface area is 174 Å². The maximum atomic E-state index is 13.5. The summed E-state index contributed by atoms with van der Waals surface area (Å²) in [6.45, 7) is 4.85. The van der Waals surface area contributed by atoms with E-state index in [-0.39, 0.29) is 34.5 Å². The number of anilines is 1. The van der Waals surface area contributed by atoms with E-state index in [9.17, 15) is 19.8 Å². The highest BCUT2D eigenvalue weighted by Crippen LogP contribution is 2.44. The van der Waals surface area contributed by atoms with E-state index in [2.05, 4.69) is 0 Å². The average molecular weight is 418 g/mol. The first-order chi connectivity index (χ1) is 13.6. The summed E-state index contributed by atoms with van der Waals surface area (Å²) in [5.41, 5.74) is 0.525. The molecule has 154 valence electrons. The van der Waals surface area contributed by atoms with Crippen LogP contribution in [0.5, 0.6) is 11.5 Å². The normalized spacial score (nSPS) is 13.8. The number of aromatic hydroxyl groups is 2. The number of benzene rings is 2. The Morgan fingerprint density at radius 2 is 1.83 bits per heavy atom. The van der Waals surface area contributed by atoms with Crippen LogP contribution in [0.3, 0.4) is 0 Å². The molecule has 1 amide bonds. The van der Waals surface area contributed by atoms with Crippen molar-refractivity contribution in [2.24, 2.45) is 0 Å². The molecule has 2 N–H and O–H groups in total. The van der Waals surface area contributed by atoms with Gasteiger partial charge in [-0.3, -0.25) is 14.5 Å². The Bertz CT molecular complexity index is 947. The van der Waals surface area contributed by atoms with Gasteiger partial charge in [-0.1, -0.05) is 23.7 Å². The van der Waals surface area contributed by atoms with E-state index < -0.39 is 17.5 Å². The molecule has 0 spiro atoms. The fourth-order valence-corrected chi connectivity index (χ4v) is 3.28. The maximum Gasteiger partial charge on any atom is 0.326 e. The van der Waals surface area contributed by atoms with Crippen LogP contribution >= 0.6 is 11.6 Å². The fraction of sp³-hybridized carbons (Fsp3) is 0.364. The van der Waals surface area contributed by atoms with Crippen molar-refractivity contribution >= 4 is 29.2 Å². The van der Waals surface area contributed by atoms with Crippen LogP contribution in [0.15, 0.2) is 36.4 Å². The molecule has 6 nitrogen and oxygen atoms in total. The highest BCUT2D eigenvalue weighted by atomic mass is 35.5. The van der Waals surface area contributed by atoms with Gasteiger partial charge >= 0.3 is 5.97 Å². The Kier molecular flexibility index (Phi) is 5.75. The third-order valence-electron chi connectivity index (χ3n) is 4.50. The van der Waals surface area contributed by atoms with Gasteiger partial charge in [-0.15, -0.1) is 0 Å². The van der Waals surface area contributed by atoms with Crippen LogP contribution in [0.4, 0.5) is 5.69 Å². The minimum atomic E-state index is -0.716. The highest BCUT2D eigenvalue weighted by molar-refractivity contribution is 6.32. The predicted octanol–water partition coefficient (Wildman–Crippen LogP) is 4.62. The third-order valence-corrected chi connectivity index (χ3v) is 4.80. The maximum absolute atomic E-state index is 13.5. The predicted molar refractivity (Wildman–Crippen MR) is 111 cm³/mol. The zero-order chi connectivity index (χ0) is 21.3. The van der Waals surface area contributed by atoms with Crippen LogP contribution in [0.1, 0.15) is 55.5 Å². The molecule has 2 aromatic carbocycles. The van der Waals surface area contributed by atoms with Crippen LogP contribution in [0.2, 0.25) is 5.02 Å². The van der Waals surface area contributed by atoms with Crippen LogP contribution in [-0.2, 0) is 9.53 Å². The lowest BCUT2D eigenvalue weighted by Gasteiger charge is -2.26. The summed E-state index contributed by atoms with van der Waals surface area (Å²) in [4.78, 5) is 27.2. The Hall–Kier alpha value is -2.73. The lowest BCUT2D eigenvalue weighted by molar-refractivity contribution is -0.152. The Morgan fingerprint density at radius 3 is 2.41 bits per heavy atom. The second kappa shape index (κ2) is 7.95. The minimum absolute atomic E-state index is 0.0455. The summed E-state index contributed by atoms with van der Waals surface area (Å²) >= 11 is 6.02. The number of esters is 1. The van der Waals surface area contributed by atoms with E-state index >= 15 is 0 Å². The van der Waals surface area contributed by atoms with E-state index in [4.69, 9.17) is 16.3 Å². The van der Waals surface area contributed by atoms with Crippen LogP contribution in [0, 0.1) is 0 Å². The van der Waals surface area contributed by atoms with Crippen molar-refractivity contribution in [2.45, 2.75) is 45.1 Å². The lowest BCUT2D eigenvalue weighted by atomic mass is 10.0. The summed E-state index contributed by atoms with van der Waals surface area (Å²) in [6.07, 6.45) is 1.89. The molecule has 29 heavy (non-hydrogen) atoms. The second-order valence-corrected chi connectivity index (χ2v) is 8.54. The van der Waals surface area contributed by atoms with Gasteiger partial charge in [0.2, 0.25) is 0 Å². The largest absolute Gasteiger partial charge is 0.507 e. The number of carbonyl (C=O) groups is 2. The number of ether oxygens (including phenoxy) is 1. The third kappa shape index (κ3) is 5.01. The molecule has 1 aliphatic rings. The molecular formula is C22H24ClNO5. The molecule has 1 saturated carbocycles. The van der Waals surface area contributed by atoms with Gasteiger partial charge in [0.1, 0.15) is 23.6 Å². The van der Waals surface area contributed by atoms with Crippen LogP contribution < -0.4 is 4.90 Å². The molecule has 1 fully saturated rings. The number of hydrogen-bond donors (Lipinski definition) is 2. The zero-order valence-electron chi connectivity index (χ0n) is 16.6. The number of hydrogen-bond acceptors (Lipinski definition) is 5. The molecule has 3 rings (SSSR count). The average Bonchev–Trinajstić information content (AvgIpc) is 3.45. The molecule has 0 bridgehead atoms. The summed E-state index contributed by atoms with van der Waals surface area (Å²) in [5.74, 6) is -1.19. The summed E-state index contributed by atoms with van der Waals surface area (Å²) in [6, 6.07) is 9.21. The first-order valence-corrected chi connectivity index (χ1v) is 9.78. The van der Waals surface area contributed by atoms with Gasteiger partial charge in [0.25, 0.3) is 5.91 Å². The van der Waals surface area contributed by atoms with Gasteiger partial charge in [0.05, 0.1) is 10.6 Å². The van der Waals surface area contributed by atoms with E-state index in [0.29, 0.717) is 5.69 Å². The molecular weight excluding hydrogens is 394 g/mol. The minimum Gasteiger partial charge on any atom is -0.507 e. The molecule has 0 atom stereocenters. The highest BCUT2D eigenvalue weighted by Gasteiger charge is 2.33. The number of phenols is 2. The smallest absolute Gasteiger partial charge is 0.326 e. The van der Waals surface area contributed by atoms with Crippen molar-refractivity contribution in [1.29, 1.82) is 0 Å². The first-order valence-electron chi connectivity index (χ1n) is 9.41. The van der Waals surface area contributed by atoms with Gasteiger partial charge < -0.3 is 14.9 Å². The van der Waals surface area contributed by atoms with E-state index in [1.807, 2.05) is 6.07 Å². The molecule has 0 radical (unpaired) electrons. The number of carbonyl (C=O) groups excluding carboxylic acids is 2. The number of amides is 1. The van der Waals surface area contributed by atoms with Crippen molar-refractivity contribution in [3.05, 3.63) is 52.5 Å². The molecule has 0 aliphatic heterocycles. The fourth-order valence-electron chi connectivity index (χ4n) is 3.11. The molecule has 0 aromatic heterocycles.